The van der Waals surface area contributed by atoms with Crippen molar-refractivity contribution in [3.05, 3.63) is 131 Å². The molecule has 4 aromatic carbocycles. The zero-order chi connectivity index (χ0) is 19.0. The topological polar surface area (TPSA) is 0 Å². The van der Waals surface area contributed by atoms with E-state index in [1.54, 1.807) is 0 Å². The summed E-state index contributed by atoms with van der Waals surface area (Å²) in [6.45, 7) is 0. The predicted molar refractivity (Wildman–Crippen MR) is 117 cm³/mol. The second-order valence-corrected chi connectivity index (χ2v) is 6.39. The van der Waals surface area contributed by atoms with Crippen molar-refractivity contribution < 1.29 is 0 Å². The number of hydrogen-bond acceptors (Lipinski definition) is 0. The van der Waals surface area contributed by atoms with Crippen molar-refractivity contribution in [1.82, 2.24) is 0 Å². The third-order valence-electron chi connectivity index (χ3n) is 4.31. The molecule has 0 nitrogen and oxygen atoms in total. The molecule has 0 heteroatoms. The van der Waals surface area contributed by atoms with Gasteiger partial charge in [0, 0.05) is 22.3 Å². The Bertz CT molecular complexity index is 1100. The van der Waals surface area contributed by atoms with Gasteiger partial charge in [0.1, 0.15) is 0 Å². The fourth-order valence-electron chi connectivity index (χ4n) is 2.88. The zero-order valence-corrected chi connectivity index (χ0v) is 15.4. The summed E-state index contributed by atoms with van der Waals surface area (Å²) in [5.41, 5.74) is 6.33. The van der Waals surface area contributed by atoms with Gasteiger partial charge in [0.15, 0.2) is 0 Å². The van der Waals surface area contributed by atoms with E-state index in [1.165, 1.54) is 0 Å². The molecule has 0 aliphatic rings. The molecular weight excluding hydrogens is 336 g/mol. The molecule has 28 heavy (non-hydrogen) atoms. The predicted octanol–water partition coefficient (Wildman–Crippen LogP) is 6.15. The van der Waals surface area contributed by atoms with Crippen molar-refractivity contribution in [2.45, 2.75) is 0 Å². The van der Waals surface area contributed by atoms with Crippen LogP contribution in [-0.2, 0) is 0 Å². The van der Waals surface area contributed by atoms with Gasteiger partial charge < -0.3 is 0 Å². The fourth-order valence-corrected chi connectivity index (χ4v) is 2.88. The SMILES string of the molecule is C(#Cc1cccc(-c2cccc(C#Cc3ccccc3)c2)c1)c1ccccc1. The number of benzene rings is 4. The highest BCUT2D eigenvalue weighted by Gasteiger charge is 1.99. The summed E-state index contributed by atoms with van der Waals surface area (Å²) >= 11 is 0. The lowest BCUT2D eigenvalue weighted by Gasteiger charge is -2.03. The Morgan fingerprint density at radius 1 is 0.321 bits per heavy atom. The van der Waals surface area contributed by atoms with Gasteiger partial charge in [-0.3, -0.25) is 0 Å². The summed E-state index contributed by atoms with van der Waals surface area (Å²) in [5.74, 6) is 12.9. The number of rotatable bonds is 1. The Balaban J connectivity index is 1.60. The molecule has 0 saturated carbocycles. The van der Waals surface area contributed by atoms with Gasteiger partial charge in [-0.15, -0.1) is 0 Å². The van der Waals surface area contributed by atoms with Crippen molar-refractivity contribution in [2.24, 2.45) is 0 Å². The van der Waals surface area contributed by atoms with Crippen molar-refractivity contribution in [1.29, 1.82) is 0 Å². The van der Waals surface area contributed by atoms with Crippen LogP contribution >= 0.6 is 0 Å². The first-order valence-corrected chi connectivity index (χ1v) is 9.21. The maximum Gasteiger partial charge on any atom is 0.0255 e. The third kappa shape index (κ3) is 4.59. The van der Waals surface area contributed by atoms with Crippen LogP contribution in [0.4, 0.5) is 0 Å². The van der Waals surface area contributed by atoms with Gasteiger partial charge in [0.05, 0.1) is 0 Å². The summed E-state index contributed by atoms with van der Waals surface area (Å²) in [7, 11) is 0. The molecule has 0 radical (unpaired) electrons. The van der Waals surface area contributed by atoms with E-state index in [-0.39, 0.29) is 0 Å². The molecule has 0 atom stereocenters. The fraction of sp³-hybridized carbons (Fsp3) is 0. The van der Waals surface area contributed by atoms with Crippen LogP contribution in [0.5, 0.6) is 0 Å². The molecule has 0 spiro atoms. The molecule has 0 N–H and O–H groups in total. The maximum absolute atomic E-state index is 3.25. The average Bonchev–Trinajstić information content (AvgIpc) is 2.78. The van der Waals surface area contributed by atoms with Gasteiger partial charge in [-0.05, 0) is 59.7 Å². The molecule has 0 aliphatic carbocycles. The normalized spacial score (nSPS) is 9.57. The minimum atomic E-state index is 1.00. The highest BCUT2D eigenvalue weighted by atomic mass is 14.0. The van der Waals surface area contributed by atoms with Crippen LogP contribution in [0.25, 0.3) is 11.1 Å². The summed E-state index contributed by atoms with van der Waals surface area (Å²) in [6.07, 6.45) is 0. The standard InChI is InChI=1S/C28H18/c1-3-9-23(10-4-1)17-19-25-13-7-15-27(21-25)28-16-8-14-26(22-28)20-18-24-11-5-2-6-12-24/h1-16,21-22H. The van der Waals surface area contributed by atoms with Gasteiger partial charge in [0.25, 0.3) is 0 Å². The molecule has 0 saturated heterocycles. The van der Waals surface area contributed by atoms with Gasteiger partial charge >= 0.3 is 0 Å². The van der Waals surface area contributed by atoms with E-state index in [2.05, 4.69) is 47.9 Å². The monoisotopic (exact) mass is 354 g/mol. The quantitative estimate of drug-likeness (QED) is 0.359. The molecular formula is C28H18. The van der Waals surface area contributed by atoms with Crippen molar-refractivity contribution in [2.75, 3.05) is 0 Å². The Hall–Kier alpha value is -4.00. The molecule has 0 bridgehead atoms. The first-order chi connectivity index (χ1) is 13.9. The van der Waals surface area contributed by atoms with E-state index in [4.69, 9.17) is 0 Å². The van der Waals surface area contributed by atoms with Crippen LogP contribution in [0.3, 0.4) is 0 Å². The zero-order valence-electron chi connectivity index (χ0n) is 15.4. The minimum Gasteiger partial charge on any atom is -0.0622 e. The van der Waals surface area contributed by atoms with Crippen molar-refractivity contribution >= 4 is 0 Å². The average molecular weight is 354 g/mol. The number of hydrogen-bond donors (Lipinski definition) is 0. The molecule has 4 rings (SSSR count). The first-order valence-electron chi connectivity index (χ1n) is 9.21. The van der Waals surface area contributed by atoms with Crippen LogP contribution in [-0.4, -0.2) is 0 Å². The lowest BCUT2D eigenvalue weighted by molar-refractivity contribution is 1.57. The molecule has 0 amide bonds. The van der Waals surface area contributed by atoms with E-state index in [0.29, 0.717) is 0 Å². The summed E-state index contributed by atoms with van der Waals surface area (Å²) in [4.78, 5) is 0. The van der Waals surface area contributed by atoms with E-state index in [1.807, 2.05) is 84.9 Å². The second kappa shape index (κ2) is 8.59. The molecule has 0 fully saturated rings. The molecule has 0 aliphatic heterocycles. The largest absolute Gasteiger partial charge is 0.0622 e. The van der Waals surface area contributed by atoms with E-state index in [9.17, 15) is 0 Å². The van der Waals surface area contributed by atoms with Crippen LogP contribution in [0.15, 0.2) is 109 Å². The highest BCUT2D eigenvalue weighted by Crippen LogP contribution is 2.21. The van der Waals surface area contributed by atoms with E-state index >= 15 is 0 Å². The molecule has 4 aromatic rings. The molecule has 0 heterocycles. The highest BCUT2D eigenvalue weighted by molar-refractivity contribution is 5.67. The van der Waals surface area contributed by atoms with E-state index < -0.39 is 0 Å². The maximum atomic E-state index is 3.25. The van der Waals surface area contributed by atoms with Gasteiger partial charge in [0.2, 0.25) is 0 Å². The van der Waals surface area contributed by atoms with Crippen LogP contribution in [0.1, 0.15) is 22.3 Å². The first kappa shape index (κ1) is 17.4. The van der Waals surface area contributed by atoms with Crippen LogP contribution in [0, 0.1) is 23.7 Å². The van der Waals surface area contributed by atoms with Crippen molar-refractivity contribution in [3.8, 4) is 34.8 Å². The summed E-state index contributed by atoms with van der Waals surface area (Å²) < 4.78 is 0. The minimum absolute atomic E-state index is 1.00. The van der Waals surface area contributed by atoms with Gasteiger partial charge in [-0.1, -0.05) is 84.3 Å². The Morgan fingerprint density at radius 2 is 0.679 bits per heavy atom. The lowest BCUT2D eigenvalue weighted by Crippen LogP contribution is -1.83. The summed E-state index contributed by atoms with van der Waals surface area (Å²) in [6, 6.07) is 36.7. The molecule has 0 aromatic heterocycles. The lowest BCUT2D eigenvalue weighted by atomic mass is 10.0. The Kier molecular flexibility index (Phi) is 5.34. The van der Waals surface area contributed by atoms with Crippen molar-refractivity contribution in [3.63, 3.8) is 0 Å². The molecule has 130 valence electrons. The molecule has 0 unspecified atom stereocenters. The van der Waals surface area contributed by atoms with Crippen LogP contribution < -0.4 is 0 Å². The van der Waals surface area contributed by atoms with E-state index in [0.717, 1.165) is 33.4 Å². The smallest absolute Gasteiger partial charge is 0.0255 e. The van der Waals surface area contributed by atoms with Gasteiger partial charge in [-0.25, -0.2) is 0 Å². The summed E-state index contributed by atoms with van der Waals surface area (Å²) in [5, 5.41) is 0. The Morgan fingerprint density at radius 3 is 1.11 bits per heavy atom. The Labute approximate surface area is 166 Å². The van der Waals surface area contributed by atoms with Crippen LogP contribution in [0.2, 0.25) is 0 Å². The second-order valence-electron chi connectivity index (χ2n) is 6.39. The van der Waals surface area contributed by atoms with Gasteiger partial charge in [-0.2, -0.15) is 0 Å². The third-order valence-corrected chi connectivity index (χ3v) is 4.31.